The van der Waals surface area contributed by atoms with Gasteiger partial charge in [0.2, 0.25) is 5.91 Å². The molecule has 0 aromatic heterocycles. The van der Waals surface area contributed by atoms with Crippen LogP contribution >= 0.6 is 0 Å². The predicted octanol–water partition coefficient (Wildman–Crippen LogP) is 1.67. The van der Waals surface area contributed by atoms with Gasteiger partial charge in [0.15, 0.2) is 5.78 Å². The average Bonchev–Trinajstić information content (AvgIpc) is 3.19. The first kappa shape index (κ1) is 21.3. The summed E-state index contributed by atoms with van der Waals surface area (Å²) in [5, 5.41) is 14.1. The smallest absolute Gasteiger partial charge is 0.224 e. The number of aliphatic hydroxyl groups excluding tert-OH is 1. The van der Waals surface area contributed by atoms with Crippen molar-refractivity contribution in [2.75, 3.05) is 7.11 Å². The molecular weight excluding hydrogens is 382 g/mol. The summed E-state index contributed by atoms with van der Waals surface area (Å²) in [6.45, 7) is 2.23. The molecule has 3 unspecified atom stereocenters. The van der Waals surface area contributed by atoms with Crippen LogP contribution in [0.3, 0.4) is 0 Å². The van der Waals surface area contributed by atoms with E-state index in [0.717, 1.165) is 11.1 Å². The molecule has 0 spiro atoms. The summed E-state index contributed by atoms with van der Waals surface area (Å²) in [5.41, 5.74) is 1.69. The lowest BCUT2D eigenvalue weighted by Crippen LogP contribution is -2.38. The summed E-state index contributed by atoms with van der Waals surface area (Å²) in [6, 6.07) is 14.7. The SMILES string of the molecule is COc1ccc(C(NC(=O)C2CCC(O)C2)C(=O)Cc2ccc([SiH2]C)cc2)cc1. The normalized spacial score (nSPS) is 20.0. The zero-order valence-corrected chi connectivity index (χ0v) is 18.5. The Bertz CT molecular complexity index is 835. The van der Waals surface area contributed by atoms with Crippen molar-refractivity contribution in [1.29, 1.82) is 0 Å². The van der Waals surface area contributed by atoms with Crippen molar-refractivity contribution in [3.05, 3.63) is 59.7 Å². The monoisotopic (exact) mass is 411 g/mol. The fraction of sp³-hybridized carbons (Fsp3) is 0.391. The molecule has 0 heterocycles. The number of rotatable bonds is 8. The molecule has 5 nitrogen and oxygen atoms in total. The van der Waals surface area contributed by atoms with Gasteiger partial charge >= 0.3 is 0 Å². The third-order valence-electron chi connectivity index (χ3n) is 5.64. The minimum atomic E-state index is -0.716. The first-order valence-corrected chi connectivity index (χ1v) is 12.3. The first-order valence-electron chi connectivity index (χ1n) is 10.2. The lowest BCUT2D eigenvalue weighted by molar-refractivity contribution is -0.130. The standard InChI is InChI=1S/C23H29NO4Si/c1-28-19-9-6-16(7-10-19)22(24-23(27)17-5-8-18(25)14-17)21(26)13-15-3-11-20(29-2)12-4-15/h3-4,6-7,9-12,17-18,22,25H,5,8,13-14,29H2,1-2H3,(H,24,27). The number of aliphatic hydroxyl groups is 1. The van der Waals surface area contributed by atoms with Gasteiger partial charge in [0.25, 0.3) is 0 Å². The molecular formula is C23H29NO4Si. The number of hydrogen-bond acceptors (Lipinski definition) is 4. The third-order valence-corrected chi connectivity index (χ3v) is 6.93. The summed E-state index contributed by atoms with van der Waals surface area (Å²) in [6.07, 6.45) is 1.57. The van der Waals surface area contributed by atoms with Crippen molar-refractivity contribution in [2.24, 2.45) is 5.92 Å². The molecule has 2 aromatic rings. The highest BCUT2D eigenvalue weighted by atomic mass is 28.2. The Morgan fingerprint density at radius 3 is 2.38 bits per heavy atom. The van der Waals surface area contributed by atoms with E-state index in [4.69, 9.17) is 4.74 Å². The molecule has 2 N–H and O–H groups in total. The number of benzene rings is 2. The van der Waals surface area contributed by atoms with Crippen LogP contribution in [-0.4, -0.2) is 39.5 Å². The van der Waals surface area contributed by atoms with Gasteiger partial charge in [0.1, 0.15) is 11.8 Å². The Morgan fingerprint density at radius 1 is 1.14 bits per heavy atom. The lowest BCUT2D eigenvalue weighted by Gasteiger charge is -2.21. The Hall–Kier alpha value is -2.44. The largest absolute Gasteiger partial charge is 0.497 e. The number of carbonyl (C=O) groups is 2. The van der Waals surface area contributed by atoms with Gasteiger partial charge in [-0.25, -0.2) is 0 Å². The van der Waals surface area contributed by atoms with Gasteiger partial charge in [-0.05, 0) is 42.5 Å². The van der Waals surface area contributed by atoms with Crippen molar-refractivity contribution < 1.29 is 19.4 Å². The maximum Gasteiger partial charge on any atom is 0.224 e. The van der Waals surface area contributed by atoms with Gasteiger partial charge in [-0.1, -0.05) is 48.1 Å². The molecule has 0 aliphatic heterocycles. The average molecular weight is 412 g/mol. The number of hydrogen-bond donors (Lipinski definition) is 2. The van der Waals surface area contributed by atoms with Gasteiger partial charge in [-0.15, -0.1) is 0 Å². The highest BCUT2D eigenvalue weighted by Gasteiger charge is 2.31. The number of methoxy groups -OCH3 is 1. The molecule has 1 fully saturated rings. The Morgan fingerprint density at radius 2 is 1.83 bits per heavy atom. The second-order valence-corrected chi connectivity index (χ2v) is 9.22. The molecule has 1 amide bonds. The van der Waals surface area contributed by atoms with Crippen LogP contribution in [0.15, 0.2) is 48.5 Å². The molecule has 3 atom stereocenters. The minimum absolute atomic E-state index is 0.0523. The highest BCUT2D eigenvalue weighted by Crippen LogP contribution is 2.27. The zero-order valence-electron chi connectivity index (χ0n) is 17.1. The van der Waals surface area contributed by atoms with Crippen LogP contribution < -0.4 is 15.2 Å². The molecule has 0 bridgehead atoms. The van der Waals surface area contributed by atoms with E-state index in [0.29, 0.717) is 25.0 Å². The highest BCUT2D eigenvalue weighted by molar-refractivity contribution is 6.51. The van der Waals surface area contributed by atoms with E-state index in [-0.39, 0.29) is 33.5 Å². The molecule has 1 saturated carbocycles. The van der Waals surface area contributed by atoms with Crippen molar-refractivity contribution in [3.63, 3.8) is 0 Å². The van der Waals surface area contributed by atoms with Crippen molar-refractivity contribution in [2.45, 2.75) is 44.4 Å². The zero-order chi connectivity index (χ0) is 20.8. The Balaban J connectivity index is 1.78. The van der Waals surface area contributed by atoms with Crippen molar-refractivity contribution in [1.82, 2.24) is 5.32 Å². The summed E-state index contributed by atoms with van der Waals surface area (Å²) in [7, 11) is 1.37. The summed E-state index contributed by atoms with van der Waals surface area (Å²) < 4.78 is 5.20. The van der Waals surface area contributed by atoms with Crippen LogP contribution in [0.5, 0.6) is 5.75 Å². The van der Waals surface area contributed by atoms with E-state index in [1.54, 1.807) is 19.2 Å². The number of ketones is 1. The molecule has 6 heteroatoms. The van der Waals surface area contributed by atoms with E-state index >= 15 is 0 Å². The van der Waals surface area contributed by atoms with Gasteiger partial charge in [0.05, 0.1) is 22.7 Å². The first-order chi connectivity index (χ1) is 14.0. The molecule has 3 rings (SSSR count). The van der Waals surface area contributed by atoms with E-state index in [1.165, 1.54) is 5.19 Å². The van der Waals surface area contributed by atoms with Gasteiger partial charge in [-0.2, -0.15) is 0 Å². The fourth-order valence-corrected chi connectivity index (χ4v) is 4.51. The maximum atomic E-state index is 13.2. The number of Topliss-reactive ketones (excluding diaryl/α,β-unsaturated/α-hetero) is 1. The van der Waals surface area contributed by atoms with Crippen LogP contribution in [0, 0.1) is 5.92 Å². The van der Waals surface area contributed by atoms with Crippen LogP contribution in [0.25, 0.3) is 0 Å². The Labute approximate surface area is 174 Å². The summed E-state index contributed by atoms with van der Waals surface area (Å²) in [4.78, 5) is 25.9. The minimum Gasteiger partial charge on any atom is -0.497 e. The maximum absolute atomic E-state index is 13.2. The van der Waals surface area contributed by atoms with Crippen LogP contribution in [-0.2, 0) is 16.0 Å². The summed E-state index contributed by atoms with van der Waals surface area (Å²) >= 11 is 0. The molecule has 2 aromatic carbocycles. The number of carbonyl (C=O) groups excluding carboxylic acids is 2. The number of amides is 1. The third kappa shape index (κ3) is 5.55. The summed E-state index contributed by atoms with van der Waals surface area (Å²) in [5.74, 6) is 0.239. The molecule has 1 aliphatic rings. The van der Waals surface area contributed by atoms with Crippen LogP contribution in [0.2, 0.25) is 6.55 Å². The van der Waals surface area contributed by atoms with Crippen molar-refractivity contribution in [3.8, 4) is 5.75 Å². The topological polar surface area (TPSA) is 75.6 Å². The predicted molar refractivity (Wildman–Crippen MR) is 116 cm³/mol. The Kier molecular flexibility index (Phi) is 7.22. The molecule has 154 valence electrons. The van der Waals surface area contributed by atoms with E-state index in [2.05, 4.69) is 24.0 Å². The number of nitrogens with one attached hydrogen (secondary N) is 1. The second-order valence-electron chi connectivity index (χ2n) is 7.69. The lowest BCUT2D eigenvalue weighted by atomic mass is 9.96. The molecule has 29 heavy (non-hydrogen) atoms. The molecule has 0 radical (unpaired) electrons. The van der Waals surface area contributed by atoms with Crippen molar-refractivity contribution >= 4 is 26.4 Å². The van der Waals surface area contributed by atoms with E-state index in [9.17, 15) is 14.7 Å². The van der Waals surface area contributed by atoms with Gasteiger partial charge in [0, 0.05) is 12.3 Å². The molecule has 0 saturated heterocycles. The number of ether oxygens (including phenoxy) is 1. The molecule has 1 aliphatic carbocycles. The fourth-order valence-electron chi connectivity index (χ4n) is 3.80. The van der Waals surface area contributed by atoms with E-state index < -0.39 is 12.1 Å². The van der Waals surface area contributed by atoms with E-state index in [1.807, 2.05) is 24.3 Å². The second kappa shape index (κ2) is 9.85. The van der Waals surface area contributed by atoms with Gasteiger partial charge < -0.3 is 15.2 Å². The van der Waals surface area contributed by atoms with Crippen LogP contribution in [0.1, 0.15) is 36.4 Å². The quantitative estimate of drug-likeness (QED) is 0.648. The van der Waals surface area contributed by atoms with Crippen LogP contribution in [0.4, 0.5) is 0 Å². The van der Waals surface area contributed by atoms with Gasteiger partial charge in [-0.3, -0.25) is 9.59 Å².